The predicted octanol–water partition coefficient (Wildman–Crippen LogP) is 2.09. The van der Waals surface area contributed by atoms with E-state index in [1.54, 1.807) is 13.2 Å². The Labute approximate surface area is 141 Å². The van der Waals surface area contributed by atoms with E-state index >= 15 is 0 Å². The highest BCUT2D eigenvalue weighted by molar-refractivity contribution is 5.75. The van der Waals surface area contributed by atoms with Gasteiger partial charge in [0.2, 0.25) is 0 Å². The van der Waals surface area contributed by atoms with Crippen molar-refractivity contribution in [2.24, 2.45) is 0 Å². The monoisotopic (exact) mass is 341 g/mol. The second-order valence-corrected chi connectivity index (χ2v) is 5.73. The topological polar surface area (TPSA) is 68.2 Å². The van der Waals surface area contributed by atoms with Gasteiger partial charge < -0.3 is 19.3 Å². The number of hydrogen-bond donors (Lipinski definition) is 1. The van der Waals surface area contributed by atoms with E-state index in [2.05, 4.69) is 0 Å². The van der Waals surface area contributed by atoms with E-state index in [0.717, 1.165) is 12.8 Å². The van der Waals surface area contributed by atoms with Crippen LogP contribution in [-0.4, -0.2) is 62.6 Å². The molecule has 1 saturated heterocycles. The standard InChI is InChI=1S/C17H24FNO5/c1-22-9-10-24-13-5-7-19(8-6-13)16(17(20)21)12-3-4-15(23-2)14(18)11-12/h3-4,11,13,16H,5-10H2,1-2H3,(H,20,21)/t16-/m0/s1. The minimum atomic E-state index is -0.988. The van der Waals surface area contributed by atoms with Crippen LogP contribution < -0.4 is 4.74 Å². The Bertz CT molecular complexity index is 546. The Morgan fingerprint density at radius 1 is 1.33 bits per heavy atom. The van der Waals surface area contributed by atoms with Gasteiger partial charge in [-0.2, -0.15) is 0 Å². The number of carboxylic acid groups (broad SMARTS) is 1. The van der Waals surface area contributed by atoms with Crippen molar-refractivity contribution in [2.75, 3.05) is 40.5 Å². The van der Waals surface area contributed by atoms with Gasteiger partial charge in [0.05, 0.1) is 26.4 Å². The number of benzene rings is 1. The lowest BCUT2D eigenvalue weighted by molar-refractivity contribution is -0.145. The lowest BCUT2D eigenvalue weighted by atomic mass is 10.00. The quantitative estimate of drug-likeness (QED) is 0.730. The summed E-state index contributed by atoms with van der Waals surface area (Å²) in [5.74, 6) is -1.44. The molecule has 2 rings (SSSR count). The van der Waals surface area contributed by atoms with Gasteiger partial charge in [-0.15, -0.1) is 0 Å². The first-order chi connectivity index (χ1) is 11.6. The molecule has 1 aliphatic heterocycles. The molecule has 7 heteroatoms. The van der Waals surface area contributed by atoms with E-state index in [9.17, 15) is 14.3 Å². The Kier molecular flexibility index (Phi) is 6.96. The largest absolute Gasteiger partial charge is 0.494 e. The fourth-order valence-corrected chi connectivity index (χ4v) is 2.96. The normalized spacial score (nSPS) is 17.6. The Morgan fingerprint density at radius 2 is 2.04 bits per heavy atom. The maximum atomic E-state index is 13.9. The van der Waals surface area contributed by atoms with Crippen LogP contribution in [0, 0.1) is 5.82 Å². The van der Waals surface area contributed by atoms with E-state index in [1.165, 1.54) is 19.2 Å². The molecule has 0 amide bonds. The molecule has 1 aromatic carbocycles. The maximum absolute atomic E-state index is 13.9. The minimum Gasteiger partial charge on any atom is -0.494 e. The molecule has 1 aromatic rings. The summed E-state index contributed by atoms with van der Waals surface area (Å²) in [6.45, 7) is 2.25. The van der Waals surface area contributed by atoms with Crippen molar-refractivity contribution < 1.29 is 28.5 Å². The Morgan fingerprint density at radius 3 is 2.58 bits per heavy atom. The fraction of sp³-hybridized carbons (Fsp3) is 0.588. The Balaban J connectivity index is 2.02. The first-order valence-electron chi connectivity index (χ1n) is 7.97. The van der Waals surface area contributed by atoms with Crippen LogP contribution in [0.25, 0.3) is 0 Å². The molecule has 24 heavy (non-hydrogen) atoms. The number of halogens is 1. The number of likely N-dealkylation sites (tertiary alicyclic amines) is 1. The van der Waals surface area contributed by atoms with E-state index in [0.29, 0.717) is 31.9 Å². The number of hydrogen-bond acceptors (Lipinski definition) is 5. The van der Waals surface area contributed by atoms with Gasteiger partial charge in [-0.25, -0.2) is 4.39 Å². The van der Waals surface area contributed by atoms with Crippen LogP contribution in [0.5, 0.6) is 5.75 Å². The van der Waals surface area contributed by atoms with Crippen LogP contribution in [0.15, 0.2) is 18.2 Å². The molecule has 1 N–H and O–H groups in total. The van der Waals surface area contributed by atoms with Gasteiger partial charge in [-0.1, -0.05) is 6.07 Å². The summed E-state index contributed by atoms with van der Waals surface area (Å²) in [6.07, 6.45) is 1.59. The second kappa shape index (κ2) is 8.96. The third kappa shape index (κ3) is 4.66. The summed E-state index contributed by atoms with van der Waals surface area (Å²) in [4.78, 5) is 13.6. The highest BCUT2D eigenvalue weighted by Gasteiger charge is 2.31. The van der Waals surface area contributed by atoms with Crippen LogP contribution in [0.4, 0.5) is 4.39 Å². The van der Waals surface area contributed by atoms with Crippen LogP contribution in [-0.2, 0) is 14.3 Å². The number of nitrogens with zero attached hydrogens (tertiary/aromatic N) is 1. The molecule has 6 nitrogen and oxygen atoms in total. The zero-order valence-electron chi connectivity index (χ0n) is 14.0. The van der Waals surface area contributed by atoms with Crippen LogP contribution in [0.2, 0.25) is 0 Å². The molecule has 0 aromatic heterocycles. The maximum Gasteiger partial charge on any atom is 0.325 e. The first kappa shape index (κ1) is 18.6. The molecule has 0 unspecified atom stereocenters. The molecule has 0 bridgehead atoms. The fourth-order valence-electron chi connectivity index (χ4n) is 2.96. The molecule has 134 valence electrons. The van der Waals surface area contributed by atoms with Gasteiger partial charge >= 0.3 is 5.97 Å². The molecule has 1 atom stereocenters. The number of carboxylic acids is 1. The van der Waals surface area contributed by atoms with Crippen molar-refractivity contribution >= 4 is 5.97 Å². The zero-order chi connectivity index (χ0) is 17.5. The van der Waals surface area contributed by atoms with E-state index in [1.807, 2.05) is 4.90 Å². The number of carbonyl (C=O) groups is 1. The van der Waals surface area contributed by atoms with Crippen molar-refractivity contribution in [3.05, 3.63) is 29.6 Å². The lowest BCUT2D eigenvalue weighted by Gasteiger charge is -2.35. The summed E-state index contributed by atoms with van der Waals surface area (Å²) >= 11 is 0. The van der Waals surface area contributed by atoms with Gasteiger partial charge in [0.25, 0.3) is 0 Å². The Hall–Kier alpha value is -1.70. The minimum absolute atomic E-state index is 0.105. The van der Waals surface area contributed by atoms with Gasteiger partial charge in [-0.05, 0) is 30.5 Å². The summed E-state index contributed by atoms with van der Waals surface area (Å²) in [5.41, 5.74) is 0.416. The van der Waals surface area contributed by atoms with E-state index < -0.39 is 17.8 Å². The highest BCUT2D eigenvalue weighted by Crippen LogP contribution is 2.29. The van der Waals surface area contributed by atoms with Crippen molar-refractivity contribution in [1.82, 2.24) is 4.90 Å². The number of piperidine rings is 1. The van der Waals surface area contributed by atoms with Crippen molar-refractivity contribution in [1.29, 1.82) is 0 Å². The summed E-state index contributed by atoms with van der Waals surface area (Å²) in [6, 6.07) is 3.42. The number of methoxy groups -OCH3 is 2. The summed E-state index contributed by atoms with van der Waals surface area (Å²) in [7, 11) is 3.00. The number of rotatable bonds is 8. The van der Waals surface area contributed by atoms with Gasteiger partial charge in [-0.3, -0.25) is 9.69 Å². The molecule has 0 aliphatic carbocycles. The third-order valence-corrected chi connectivity index (χ3v) is 4.21. The van der Waals surface area contributed by atoms with Crippen molar-refractivity contribution in [3.8, 4) is 5.75 Å². The summed E-state index contributed by atoms with van der Waals surface area (Å²) in [5, 5.41) is 9.59. The van der Waals surface area contributed by atoms with E-state index in [4.69, 9.17) is 14.2 Å². The predicted molar refractivity (Wildman–Crippen MR) is 85.8 cm³/mol. The molecular weight excluding hydrogens is 317 g/mol. The van der Waals surface area contributed by atoms with Gasteiger partial charge in [0, 0.05) is 20.2 Å². The molecule has 1 heterocycles. The zero-order valence-corrected chi connectivity index (χ0v) is 14.0. The van der Waals surface area contributed by atoms with Gasteiger partial charge in [0.15, 0.2) is 11.6 Å². The molecular formula is C17H24FNO5. The molecule has 0 radical (unpaired) electrons. The van der Waals surface area contributed by atoms with Crippen molar-refractivity contribution in [2.45, 2.75) is 25.0 Å². The highest BCUT2D eigenvalue weighted by atomic mass is 19.1. The number of aliphatic carboxylic acids is 1. The molecule has 0 spiro atoms. The van der Waals surface area contributed by atoms with Gasteiger partial charge in [0.1, 0.15) is 6.04 Å². The van der Waals surface area contributed by atoms with Crippen molar-refractivity contribution in [3.63, 3.8) is 0 Å². The van der Waals surface area contributed by atoms with E-state index in [-0.39, 0.29) is 11.9 Å². The lowest BCUT2D eigenvalue weighted by Crippen LogP contribution is -2.42. The number of ether oxygens (including phenoxy) is 3. The smallest absolute Gasteiger partial charge is 0.325 e. The second-order valence-electron chi connectivity index (χ2n) is 5.73. The SMILES string of the molecule is COCCOC1CCN([C@H](C(=O)O)c2ccc(OC)c(F)c2)CC1. The molecule has 1 aliphatic rings. The first-order valence-corrected chi connectivity index (χ1v) is 7.97. The van der Waals surface area contributed by atoms with Crippen LogP contribution in [0.3, 0.4) is 0 Å². The summed E-state index contributed by atoms with van der Waals surface area (Å²) < 4.78 is 29.4. The molecule has 1 fully saturated rings. The third-order valence-electron chi connectivity index (χ3n) is 4.21. The molecule has 0 saturated carbocycles. The van der Waals surface area contributed by atoms with Crippen LogP contribution in [0.1, 0.15) is 24.4 Å². The van der Waals surface area contributed by atoms with Crippen LogP contribution >= 0.6 is 0 Å². The average molecular weight is 341 g/mol. The average Bonchev–Trinajstić information content (AvgIpc) is 2.56.